The smallest absolute Gasteiger partial charge is 0.325 e. The monoisotopic (exact) mass is 224 g/mol. The summed E-state index contributed by atoms with van der Waals surface area (Å²) in [5.41, 5.74) is 0.553. The summed E-state index contributed by atoms with van der Waals surface area (Å²) in [6.07, 6.45) is 5.06. The fraction of sp³-hybridized carbons (Fsp3) is 0.250. The first-order valence-electron chi connectivity index (χ1n) is 4.15. The largest absolute Gasteiger partial charge is 0.480 e. The molecule has 2 aromatic heterocycles. The van der Waals surface area contributed by atoms with Gasteiger partial charge in [0.25, 0.3) is 0 Å². The molecule has 0 aliphatic heterocycles. The van der Waals surface area contributed by atoms with Gasteiger partial charge in [0.1, 0.15) is 6.54 Å². The van der Waals surface area contributed by atoms with Gasteiger partial charge in [-0.2, -0.15) is 5.10 Å². The first kappa shape index (κ1) is 9.91. The van der Waals surface area contributed by atoms with E-state index in [2.05, 4.69) is 15.1 Å². The predicted molar refractivity (Wildman–Crippen MR) is 54.7 cm³/mol. The standard InChI is InChI=1S/C8H8N4O2S/c1-15-8-9-2-5-3-10-12(4-6(13)14)7(5)11-8/h2-3H,4H2,1H3,(H,13,14). The third-order valence-electron chi connectivity index (χ3n) is 1.82. The fourth-order valence-corrected chi connectivity index (χ4v) is 1.53. The number of rotatable bonds is 3. The highest BCUT2D eigenvalue weighted by Gasteiger charge is 2.08. The van der Waals surface area contributed by atoms with Crippen LogP contribution in [0.15, 0.2) is 17.6 Å². The molecule has 6 nitrogen and oxygen atoms in total. The first-order valence-corrected chi connectivity index (χ1v) is 5.37. The van der Waals surface area contributed by atoms with Crippen molar-refractivity contribution in [3.63, 3.8) is 0 Å². The van der Waals surface area contributed by atoms with Crippen molar-refractivity contribution < 1.29 is 9.90 Å². The molecule has 0 amide bonds. The van der Waals surface area contributed by atoms with Crippen LogP contribution in [0, 0.1) is 0 Å². The quantitative estimate of drug-likeness (QED) is 0.608. The van der Waals surface area contributed by atoms with E-state index in [9.17, 15) is 4.79 Å². The number of carbonyl (C=O) groups is 1. The van der Waals surface area contributed by atoms with Crippen molar-refractivity contribution in [2.24, 2.45) is 0 Å². The van der Waals surface area contributed by atoms with E-state index in [1.807, 2.05) is 6.26 Å². The van der Waals surface area contributed by atoms with Gasteiger partial charge in [0.15, 0.2) is 10.8 Å². The number of thioether (sulfide) groups is 1. The Morgan fingerprint density at radius 2 is 2.40 bits per heavy atom. The molecule has 2 rings (SSSR count). The second-order valence-corrected chi connectivity index (χ2v) is 3.61. The van der Waals surface area contributed by atoms with Gasteiger partial charge in [-0.15, -0.1) is 0 Å². The molecule has 1 N–H and O–H groups in total. The van der Waals surface area contributed by atoms with Gasteiger partial charge in [-0.05, 0) is 6.26 Å². The molecule has 0 saturated carbocycles. The molecule has 0 unspecified atom stereocenters. The molecule has 15 heavy (non-hydrogen) atoms. The average Bonchev–Trinajstić information content (AvgIpc) is 2.60. The van der Waals surface area contributed by atoms with Gasteiger partial charge < -0.3 is 5.11 Å². The molecule has 0 spiro atoms. The van der Waals surface area contributed by atoms with Crippen LogP contribution in [0.3, 0.4) is 0 Å². The number of hydrogen-bond acceptors (Lipinski definition) is 5. The molecule has 2 heterocycles. The maximum atomic E-state index is 10.6. The lowest BCUT2D eigenvalue weighted by atomic mass is 10.4. The molecule has 7 heteroatoms. The van der Waals surface area contributed by atoms with Crippen LogP contribution in [0.1, 0.15) is 0 Å². The highest BCUT2D eigenvalue weighted by atomic mass is 32.2. The summed E-state index contributed by atoms with van der Waals surface area (Å²) in [5.74, 6) is -0.940. The van der Waals surface area contributed by atoms with Gasteiger partial charge >= 0.3 is 5.97 Å². The third kappa shape index (κ3) is 1.91. The highest BCUT2D eigenvalue weighted by Crippen LogP contribution is 2.14. The fourth-order valence-electron chi connectivity index (χ4n) is 1.19. The highest BCUT2D eigenvalue weighted by molar-refractivity contribution is 7.98. The number of carboxylic acid groups (broad SMARTS) is 1. The minimum Gasteiger partial charge on any atom is -0.480 e. The van der Waals surface area contributed by atoms with Crippen molar-refractivity contribution in [2.75, 3.05) is 6.26 Å². The Morgan fingerprint density at radius 3 is 3.07 bits per heavy atom. The van der Waals surface area contributed by atoms with Gasteiger partial charge in [0.05, 0.1) is 11.6 Å². The van der Waals surface area contributed by atoms with E-state index < -0.39 is 5.97 Å². The maximum Gasteiger partial charge on any atom is 0.325 e. The zero-order chi connectivity index (χ0) is 10.8. The van der Waals surface area contributed by atoms with Gasteiger partial charge in [-0.3, -0.25) is 4.79 Å². The number of fused-ring (bicyclic) bond motifs is 1. The SMILES string of the molecule is CSc1ncc2cnn(CC(=O)O)c2n1. The summed E-state index contributed by atoms with van der Waals surface area (Å²) in [4.78, 5) is 18.8. The van der Waals surface area contributed by atoms with E-state index in [0.717, 1.165) is 5.39 Å². The lowest BCUT2D eigenvalue weighted by Crippen LogP contribution is -2.10. The number of hydrogen-bond donors (Lipinski definition) is 1. The van der Waals surface area contributed by atoms with E-state index in [1.165, 1.54) is 16.4 Å². The molecule has 2 aromatic rings. The van der Waals surface area contributed by atoms with E-state index in [0.29, 0.717) is 10.8 Å². The number of aliphatic carboxylic acids is 1. The minimum absolute atomic E-state index is 0.186. The van der Waals surface area contributed by atoms with Crippen LogP contribution >= 0.6 is 11.8 Å². The first-order chi connectivity index (χ1) is 7.20. The maximum absolute atomic E-state index is 10.6. The number of nitrogens with zero attached hydrogens (tertiary/aromatic N) is 4. The van der Waals surface area contributed by atoms with Gasteiger partial charge in [-0.1, -0.05) is 11.8 Å². The molecule has 0 bridgehead atoms. The predicted octanol–water partition coefficient (Wildman–Crippen LogP) is 0.633. The van der Waals surface area contributed by atoms with Gasteiger partial charge in [0.2, 0.25) is 0 Å². The minimum atomic E-state index is -0.940. The molecule has 0 fully saturated rings. The Bertz CT molecular complexity index is 510. The summed E-state index contributed by atoms with van der Waals surface area (Å²) >= 11 is 1.40. The zero-order valence-electron chi connectivity index (χ0n) is 7.91. The Morgan fingerprint density at radius 1 is 1.60 bits per heavy atom. The Labute approximate surface area is 89.3 Å². The lowest BCUT2D eigenvalue weighted by Gasteiger charge is -1.99. The molecule has 0 aromatic carbocycles. The summed E-state index contributed by atoms with van der Waals surface area (Å²) in [6.45, 7) is -0.186. The van der Waals surface area contributed by atoms with Crippen LogP contribution in [0.4, 0.5) is 0 Å². The summed E-state index contributed by atoms with van der Waals surface area (Å²) in [7, 11) is 0. The average molecular weight is 224 g/mol. The van der Waals surface area contributed by atoms with Crippen LogP contribution < -0.4 is 0 Å². The second-order valence-electron chi connectivity index (χ2n) is 2.83. The Hall–Kier alpha value is -1.63. The molecule has 0 atom stereocenters. The van der Waals surface area contributed by atoms with E-state index in [-0.39, 0.29) is 6.54 Å². The van der Waals surface area contributed by atoms with Crippen molar-refractivity contribution in [1.82, 2.24) is 19.7 Å². The van der Waals surface area contributed by atoms with Crippen LogP contribution in [-0.4, -0.2) is 37.1 Å². The van der Waals surface area contributed by atoms with Gasteiger partial charge in [-0.25, -0.2) is 14.6 Å². The molecule has 0 aliphatic rings. The van der Waals surface area contributed by atoms with E-state index >= 15 is 0 Å². The van der Waals surface area contributed by atoms with E-state index in [4.69, 9.17) is 5.11 Å². The molecule has 0 aliphatic carbocycles. The van der Waals surface area contributed by atoms with Crippen LogP contribution in [0.25, 0.3) is 11.0 Å². The van der Waals surface area contributed by atoms with Gasteiger partial charge in [0, 0.05) is 6.20 Å². The third-order valence-corrected chi connectivity index (χ3v) is 2.38. The number of carboxylic acids is 1. The summed E-state index contributed by atoms with van der Waals surface area (Å²) < 4.78 is 1.35. The topological polar surface area (TPSA) is 80.9 Å². The van der Waals surface area contributed by atoms with Crippen molar-refractivity contribution >= 4 is 28.8 Å². The van der Waals surface area contributed by atoms with Crippen molar-refractivity contribution in [3.8, 4) is 0 Å². The normalized spacial score (nSPS) is 10.7. The van der Waals surface area contributed by atoms with Crippen molar-refractivity contribution in [1.29, 1.82) is 0 Å². The summed E-state index contributed by atoms with van der Waals surface area (Å²) in [6, 6.07) is 0. The molecular weight excluding hydrogens is 216 g/mol. The van der Waals surface area contributed by atoms with Crippen LogP contribution in [0.5, 0.6) is 0 Å². The number of aromatic nitrogens is 4. The van der Waals surface area contributed by atoms with Crippen molar-refractivity contribution in [3.05, 3.63) is 12.4 Å². The molecule has 0 saturated heterocycles. The molecule has 0 radical (unpaired) electrons. The Kier molecular flexibility index (Phi) is 2.55. The Balaban J connectivity index is 2.51. The van der Waals surface area contributed by atoms with Crippen LogP contribution in [-0.2, 0) is 11.3 Å². The van der Waals surface area contributed by atoms with Crippen LogP contribution in [0.2, 0.25) is 0 Å². The van der Waals surface area contributed by atoms with Crippen molar-refractivity contribution in [2.45, 2.75) is 11.7 Å². The molecule has 78 valence electrons. The van der Waals surface area contributed by atoms with E-state index in [1.54, 1.807) is 12.4 Å². The summed E-state index contributed by atoms with van der Waals surface area (Å²) in [5, 5.41) is 13.9. The molecular formula is C8H8N4O2S. The zero-order valence-corrected chi connectivity index (χ0v) is 8.73. The second kappa shape index (κ2) is 3.85. The lowest BCUT2D eigenvalue weighted by molar-refractivity contribution is -0.137.